The molecule has 0 aromatic carbocycles. The van der Waals surface area contributed by atoms with Gasteiger partial charge in [-0.15, -0.1) is 0 Å². The van der Waals surface area contributed by atoms with Crippen LogP contribution < -0.4 is 0 Å². The minimum Gasteiger partial charge on any atom is -0.481 e. The molecule has 1 N–H and O–H groups in total. The van der Waals surface area contributed by atoms with Gasteiger partial charge in [-0.1, -0.05) is 13.8 Å². The molecule has 100 valence electrons. The molecule has 18 heavy (non-hydrogen) atoms. The molecule has 5 nitrogen and oxygen atoms in total. The van der Waals surface area contributed by atoms with Crippen LogP contribution >= 0.6 is 0 Å². The van der Waals surface area contributed by atoms with Crippen LogP contribution in [0.5, 0.6) is 0 Å². The van der Waals surface area contributed by atoms with Crippen molar-refractivity contribution >= 4 is 11.9 Å². The zero-order valence-electron chi connectivity index (χ0n) is 11.1. The van der Waals surface area contributed by atoms with Crippen LogP contribution in [0, 0.1) is 18.8 Å². The van der Waals surface area contributed by atoms with Crippen molar-refractivity contribution in [1.29, 1.82) is 0 Å². The Morgan fingerprint density at radius 1 is 1.33 bits per heavy atom. The zero-order chi connectivity index (χ0) is 13.9. The predicted molar refractivity (Wildman–Crippen MR) is 65.9 cm³/mol. The van der Waals surface area contributed by atoms with Gasteiger partial charge >= 0.3 is 5.97 Å². The second-order valence-electron chi connectivity index (χ2n) is 4.62. The summed E-state index contributed by atoms with van der Waals surface area (Å²) in [4.78, 5) is 24.3. The van der Waals surface area contributed by atoms with Crippen molar-refractivity contribution in [2.75, 3.05) is 7.05 Å². The van der Waals surface area contributed by atoms with Gasteiger partial charge < -0.3 is 14.4 Å². The SMILES string of the molecule is Cc1ccc(CN(C)C(=O)C(C)C(C)C(=O)O)o1. The van der Waals surface area contributed by atoms with Crippen LogP contribution in [0.3, 0.4) is 0 Å². The number of aryl methyl sites for hydroxylation is 1. The number of carboxylic acids is 1. The van der Waals surface area contributed by atoms with Gasteiger partial charge in [0.05, 0.1) is 12.5 Å². The highest BCUT2D eigenvalue weighted by Gasteiger charge is 2.28. The lowest BCUT2D eigenvalue weighted by Gasteiger charge is -2.22. The molecule has 0 saturated carbocycles. The molecular formula is C13H19NO4. The van der Waals surface area contributed by atoms with Gasteiger partial charge in [-0.05, 0) is 19.1 Å². The van der Waals surface area contributed by atoms with Gasteiger partial charge in [0.25, 0.3) is 0 Å². The lowest BCUT2D eigenvalue weighted by molar-refractivity contribution is -0.148. The molecule has 5 heteroatoms. The number of hydrogen-bond acceptors (Lipinski definition) is 3. The molecule has 0 saturated heterocycles. The van der Waals surface area contributed by atoms with E-state index in [0.717, 1.165) is 5.76 Å². The molecule has 1 rings (SSSR count). The largest absolute Gasteiger partial charge is 0.481 e. The van der Waals surface area contributed by atoms with E-state index in [2.05, 4.69) is 0 Å². The quantitative estimate of drug-likeness (QED) is 0.870. The van der Waals surface area contributed by atoms with Crippen LogP contribution in [0.4, 0.5) is 0 Å². The average Bonchev–Trinajstić information content (AvgIpc) is 2.71. The van der Waals surface area contributed by atoms with Crippen molar-refractivity contribution in [3.8, 4) is 0 Å². The smallest absolute Gasteiger partial charge is 0.307 e. The number of carbonyl (C=O) groups is 2. The van der Waals surface area contributed by atoms with Gasteiger partial charge in [0.15, 0.2) is 0 Å². The summed E-state index contributed by atoms with van der Waals surface area (Å²) >= 11 is 0. The molecule has 1 amide bonds. The third kappa shape index (κ3) is 3.35. The minimum absolute atomic E-state index is 0.195. The average molecular weight is 253 g/mol. The highest BCUT2D eigenvalue weighted by atomic mass is 16.4. The van der Waals surface area contributed by atoms with E-state index in [1.54, 1.807) is 14.0 Å². The summed E-state index contributed by atoms with van der Waals surface area (Å²) in [6.45, 7) is 5.35. The highest BCUT2D eigenvalue weighted by Crippen LogP contribution is 2.16. The number of carboxylic acid groups (broad SMARTS) is 1. The summed E-state index contributed by atoms with van der Waals surface area (Å²) in [5.41, 5.74) is 0. The molecule has 2 unspecified atom stereocenters. The van der Waals surface area contributed by atoms with Crippen molar-refractivity contribution < 1.29 is 19.1 Å². The summed E-state index contributed by atoms with van der Waals surface area (Å²) in [6, 6.07) is 3.64. The Hall–Kier alpha value is -1.78. The Morgan fingerprint density at radius 3 is 2.39 bits per heavy atom. The van der Waals surface area contributed by atoms with Gasteiger partial charge in [-0.3, -0.25) is 9.59 Å². The summed E-state index contributed by atoms with van der Waals surface area (Å²) in [5.74, 6) is -0.921. The number of rotatable bonds is 5. The van der Waals surface area contributed by atoms with Crippen molar-refractivity contribution in [2.45, 2.75) is 27.3 Å². The summed E-state index contributed by atoms with van der Waals surface area (Å²) < 4.78 is 5.38. The van der Waals surface area contributed by atoms with Gasteiger partial charge in [0.2, 0.25) is 5.91 Å². The van der Waals surface area contributed by atoms with E-state index in [0.29, 0.717) is 12.3 Å². The Kier molecular flexibility index (Phi) is 4.53. The molecular weight excluding hydrogens is 234 g/mol. The second kappa shape index (κ2) is 5.71. The Bertz CT molecular complexity index is 438. The predicted octanol–water partition coefficient (Wildman–Crippen LogP) is 1.90. The first kappa shape index (κ1) is 14.3. The summed E-state index contributed by atoms with van der Waals surface area (Å²) in [6.07, 6.45) is 0. The molecule has 0 bridgehead atoms. The number of amides is 1. The van der Waals surface area contributed by atoms with Crippen molar-refractivity contribution in [2.24, 2.45) is 11.8 Å². The van der Waals surface area contributed by atoms with Crippen molar-refractivity contribution in [3.63, 3.8) is 0 Å². The van der Waals surface area contributed by atoms with Crippen LogP contribution in [-0.4, -0.2) is 28.9 Å². The van der Waals surface area contributed by atoms with Crippen LogP contribution in [0.2, 0.25) is 0 Å². The molecule has 1 heterocycles. The van der Waals surface area contributed by atoms with E-state index >= 15 is 0 Å². The fourth-order valence-electron chi connectivity index (χ4n) is 1.66. The Labute approximate surface area is 106 Å². The zero-order valence-corrected chi connectivity index (χ0v) is 11.1. The first-order valence-corrected chi connectivity index (χ1v) is 5.86. The molecule has 0 aliphatic rings. The Morgan fingerprint density at radius 2 is 1.94 bits per heavy atom. The van der Waals surface area contributed by atoms with Crippen LogP contribution in [0.25, 0.3) is 0 Å². The maximum Gasteiger partial charge on any atom is 0.307 e. The third-order valence-electron chi connectivity index (χ3n) is 3.09. The third-order valence-corrected chi connectivity index (χ3v) is 3.09. The molecule has 0 spiro atoms. The molecule has 0 aliphatic carbocycles. The minimum atomic E-state index is -0.960. The number of aliphatic carboxylic acids is 1. The Balaban J connectivity index is 2.63. The maximum atomic E-state index is 12.0. The molecule has 0 fully saturated rings. The maximum absolute atomic E-state index is 12.0. The van der Waals surface area contributed by atoms with E-state index in [-0.39, 0.29) is 5.91 Å². The first-order chi connectivity index (χ1) is 8.32. The summed E-state index contributed by atoms with van der Waals surface area (Å²) in [5, 5.41) is 8.89. The van der Waals surface area contributed by atoms with E-state index < -0.39 is 17.8 Å². The van der Waals surface area contributed by atoms with E-state index in [9.17, 15) is 9.59 Å². The number of carbonyl (C=O) groups excluding carboxylic acids is 1. The number of nitrogens with zero attached hydrogens (tertiary/aromatic N) is 1. The van der Waals surface area contributed by atoms with Gasteiger partial charge in [-0.25, -0.2) is 0 Å². The molecule has 0 aliphatic heterocycles. The van der Waals surface area contributed by atoms with E-state index in [1.165, 1.54) is 11.8 Å². The number of furan rings is 1. The highest BCUT2D eigenvalue weighted by molar-refractivity contribution is 5.84. The van der Waals surface area contributed by atoms with Gasteiger partial charge in [0, 0.05) is 13.0 Å². The summed E-state index contributed by atoms with van der Waals surface area (Å²) in [7, 11) is 1.64. The molecule has 1 aromatic heterocycles. The molecule has 1 aromatic rings. The fourth-order valence-corrected chi connectivity index (χ4v) is 1.66. The second-order valence-corrected chi connectivity index (χ2v) is 4.62. The molecule has 0 radical (unpaired) electrons. The van der Waals surface area contributed by atoms with Gasteiger partial charge in [0.1, 0.15) is 11.5 Å². The fraction of sp³-hybridized carbons (Fsp3) is 0.538. The van der Waals surface area contributed by atoms with Crippen LogP contribution in [0.15, 0.2) is 16.5 Å². The van der Waals surface area contributed by atoms with Crippen LogP contribution in [-0.2, 0) is 16.1 Å². The van der Waals surface area contributed by atoms with Crippen molar-refractivity contribution in [1.82, 2.24) is 4.90 Å². The van der Waals surface area contributed by atoms with Crippen LogP contribution in [0.1, 0.15) is 25.4 Å². The lowest BCUT2D eigenvalue weighted by atomic mass is 9.95. The topological polar surface area (TPSA) is 70.8 Å². The van der Waals surface area contributed by atoms with E-state index in [4.69, 9.17) is 9.52 Å². The first-order valence-electron chi connectivity index (χ1n) is 5.86. The van der Waals surface area contributed by atoms with Gasteiger partial charge in [-0.2, -0.15) is 0 Å². The molecule has 2 atom stereocenters. The van der Waals surface area contributed by atoms with Crippen molar-refractivity contribution in [3.05, 3.63) is 23.7 Å². The standard InChI is InChI=1S/C13H19NO4/c1-8-5-6-11(18-8)7-14(4)12(15)9(2)10(3)13(16)17/h5-6,9-10H,7H2,1-4H3,(H,16,17). The number of hydrogen-bond donors (Lipinski definition) is 1. The van der Waals surface area contributed by atoms with E-state index in [1.807, 2.05) is 19.1 Å². The lowest BCUT2D eigenvalue weighted by Crippen LogP contribution is -2.36. The normalized spacial score (nSPS) is 14.0. The monoisotopic (exact) mass is 253 g/mol.